The largest absolute Gasteiger partial charge is 0.329 e. The number of nitrogens with two attached hydrogens (primary N) is 1. The summed E-state index contributed by atoms with van der Waals surface area (Å²) in [6.45, 7) is 3.05. The first kappa shape index (κ1) is 13.9. The quantitative estimate of drug-likeness (QED) is 0.858. The molecule has 3 heteroatoms. The SMILES string of the molecule is CC(Cc1ccc(Cl)cc1)N(C)C(CN)C1CC1. The van der Waals surface area contributed by atoms with Gasteiger partial charge in [-0.05, 0) is 56.8 Å². The van der Waals surface area contributed by atoms with Crippen molar-refractivity contribution >= 4 is 11.6 Å². The molecule has 2 N–H and O–H groups in total. The van der Waals surface area contributed by atoms with Crippen LogP contribution in [0.25, 0.3) is 0 Å². The van der Waals surface area contributed by atoms with Crippen LogP contribution in [-0.2, 0) is 6.42 Å². The van der Waals surface area contributed by atoms with Gasteiger partial charge in [-0.15, -0.1) is 0 Å². The second-order valence-electron chi connectivity index (χ2n) is 5.49. The van der Waals surface area contributed by atoms with Crippen molar-refractivity contribution in [3.63, 3.8) is 0 Å². The van der Waals surface area contributed by atoms with Gasteiger partial charge in [0.25, 0.3) is 0 Å². The van der Waals surface area contributed by atoms with Crippen molar-refractivity contribution in [3.8, 4) is 0 Å². The Morgan fingerprint density at radius 3 is 2.44 bits per heavy atom. The number of benzene rings is 1. The van der Waals surface area contributed by atoms with Crippen molar-refractivity contribution in [2.24, 2.45) is 11.7 Å². The van der Waals surface area contributed by atoms with Gasteiger partial charge in [0.15, 0.2) is 0 Å². The minimum Gasteiger partial charge on any atom is -0.329 e. The zero-order valence-electron chi connectivity index (χ0n) is 11.3. The van der Waals surface area contributed by atoms with E-state index in [0.717, 1.165) is 23.9 Å². The van der Waals surface area contributed by atoms with Crippen LogP contribution in [0.4, 0.5) is 0 Å². The normalized spacial score (nSPS) is 18.9. The van der Waals surface area contributed by atoms with Crippen LogP contribution < -0.4 is 5.73 Å². The first-order valence-corrected chi connectivity index (χ1v) is 7.16. The third-order valence-electron chi connectivity index (χ3n) is 4.07. The highest BCUT2D eigenvalue weighted by molar-refractivity contribution is 6.30. The predicted molar refractivity (Wildman–Crippen MR) is 77.9 cm³/mol. The molecule has 0 bridgehead atoms. The van der Waals surface area contributed by atoms with Gasteiger partial charge in [-0.3, -0.25) is 4.90 Å². The molecule has 2 rings (SSSR count). The molecule has 1 aromatic carbocycles. The summed E-state index contributed by atoms with van der Waals surface area (Å²) in [5.74, 6) is 0.827. The number of nitrogens with zero attached hydrogens (tertiary/aromatic N) is 1. The second-order valence-corrected chi connectivity index (χ2v) is 5.92. The summed E-state index contributed by atoms with van der Waals surface area (Å²) in [4.78, 5) is 2.45. The van der Waals surface area contributed by atoms with Gasteiger partial charge in [0.1, 0.15) is 0 Å². The van der Waals surface area contributed by atoms with Crippen LogP contribution in [0.2, 0.25) is 5.02 Å². The van der Waals surface area contributed by atoms with E-state index in [1.54, 1.807) is 0 Å². The first-order chi connectivity index (χ1) is 8.61. The van der Waals surface area contributed by atoms with Crippen LogP contribution in [0, 0.1) is 5.92 Å². The molecule has 1 fully saturated rings. The number of rotatable bonds is 6. The highest BCUT2D eigenvalue weighted by Crippen LogP contribution is 2.35. The smallest absolute Gasteiger partial charge is 0.0406 e. The summed E-state index contributed by atoms with van der Waals surface area (Å²) in [6.07, 6.45) is 3.75. The van der Waals surface area contributed by atoms with E-state index in [1.807, 2.05) is 12.1 Å². The Morgan fingerprint density at radius 2 is 1.94 bits per heavy atom. The first-order valence-electron chi connectivity index (χ1n) is 6.78. The van der Waals surface area contributed by atoms with Crippen LogP contribution in [0.15, 0.2) is 24.3 Å². The van der Waals surface area contributed by atoms with Crippen LogP contribution in [-0.4, -0.2) is 30.6 Å². The maximum absolute atomic E-state index is 5.91. The van der Waals surface area contributed by atoms with E-state index in [9.17, 15) is 0 Å². The van der Waals surface area contributed by atoms with Crippen LogP contribution in [0.3, 0.4) is 0 Å². The molecular formula is C15H23ClN2. The van der Waals surface area contributed by atoms with Crippen molar-refractivity contribution in [1.29, 1.82) is 0 Å². The summed E-state index contributed by atoms with van der Waals surface area (Å²) in [7, 11) is 2.20. The van der Waals surface area contributed by atoms with Crippen LogP contribution in [0.5, 0.6) is 0 Å². The lowest BCUT2D eigenvalue weighted by Crippen LogP contribution is -2.45. The molecule has 1 aliphatic carbocycles. The van der Waals surface area contributed by atoms with Crippen LogP contribution in [0.1, 0.15) is 25.3 Å². The van der Waals surface area contributed by atoms with E-state index in [2.05, 4.69) is 31.0 Å². The molecule has 18 heavy (non-hydrogen) atoms. The highest BCUT2D eigenvalue weighted by Gasteiger charge is 2.34. The summed E-state index contributed by atoms with van der Waals surface area (Å²) in [6, 6.07) is 9.21. The van der Waals surface area contributed by atoms with Crippen molar-refractivity contribution in [1.82, 2.24) is 4.90 Å². The molecule has 0 amide bonds. The number of hydrogen-bond donors (Lipinski definition) is 1. The third-order valence-corrected chi connectivity index (χ3v) is 4.32. The molecule has 0 radical (unpaired) electrons. The molecule has 0 saturated heterocycles. The Morgan fingerprint density at radius 1 is 1.33 bits per heavy atom. The molecule has 0 aromatic heterocycles. The van der Waals surface area contributed by atoms with Gasteiger partial charge >= 0.3 is 0 Å². The lowest BCUT2D eigenvalue weighted by molar-refractivity contribution is 0.168. The van der Waals surface area contributed by atoms with E-state index < -0.39 is 0 Å². The van der Waals surface area contributed by atoms with Gasteiger partial charge in [0.05, 0.1) is 0 Å². The molecule has 1 aromatic rings. The fourth-order valence-corrected chi connectivity index (χ4v) is 2.73. The molecule has 1 saturated carbocycles. The van der Waals surface area contributed by atoms with E-state index >= 15 is 0 Å². The molecule has 0 heterocycles. The zero-order chi connectivity index (χ0) is 13.1. The van der Waals surface area contributed by atoms with Crippen LogP contribution >= 0.6 is 11.6 Å². The maximum atomic E-state index is 5.91. The standard InChI is InChI=1S/C15H23ClN2/c1-11(9-12-3-7-14(16)8-4-12)18(2)15(10-17)13-5-6-13/h3-4,7-8,11,13,15H,5-6,9-10,17H2,1-2H3. The molecular weight excluding hydrogens is 244 g/mol. The molecule has 1 aliphatic rings. The highest BCUT2D eigenvalue weighted by atomic mass is 35.5. The molecule has 2 nitrogen and oxygen atoms in total. The second kappa shape index (κ2) is 6.05. The number of hydrogen-bond acceptors (Lipinski definition) is 2. The van der Waals surface area contributed by atoms with Gasteiger partial charge in [0, 0.05) is 23.7 Å². The van der Waals surface area contributed by atoms with Gasteiger partial charge < -0.3 is 5.73 Å². The Labute approximate surface area is 115 Å². The summed E-state index contributed by atoms with van der Waals surface area (Å²) < 4.78 is 0. The lowest BCUT2D eigenvalue weighted by Gasteiger charge is -2.32. The molecule has 0 spiro atoms. The number of likely N-dealkylation sites (N-methyl/N-ethyl adjacent to an activating group) is 1. The minimum atomic E-state index is 0.514. The lowest BCUT2D eigenvalue weighted by atomic mass is 10.0. The Kier molecular flexibility index (Phi) is 4.66. The van der Waals surface area contributed by atoms with Gasteiger partial charge in [-0.25, -0.2) is 0 Å². The van der Waals surface area contributed by atoms with Gasteiger partial charge in [-0.2, -0.15) is 0 Å². The van der Waals surface area contributed by atoms with E-state index in [4.69, 9.17) is 17.3 Å². The Hall–Kier alpha value is -0.570. The average Bonchev–Trinajstić information content (AvgIpc) is 3.17. The monoisotopic (exact) mass is 266 g/mol. The van der Waals surface area contributed by atoms with E-state index in [0.29, 0.717) is 12.1 Å². The van der Waals surface area contributed by atoms with Crippen molar-refractivity contribution in [2.45, 2.75) is 38.3 Å². The van der Waals surface area contributed by atoms with E-state index in [-0.39, 0.29) is 0 Å². The fraction of sp³-hybridized carbons (Fsp3) is 0.600. The predicted octanol–water partition coefficient (Wildman–Crippen LogP) is 2.94. The molecule has 2 unspecified atom stereocenters. The fourth-order valence-electron chi connectivity index (χ4n) is 2.60. The van der Waals surface area contributed by atoms with Crippen molar-refractivity contribution < 1.29 is 0 Å². The summed E-state index contributed by atoms with van der Waals surface area (Å²) >= 11 is 5.91. The third kappa shape index (κ3) is 3.47. The minimum absolute atomic E-state index is 0.514. The van der Waals surface area contributed by atoms with Gasteiger partial charge in [0.2, 0.25) is 0 Å². The van der Waals surface area contributed by atoms with Gasteiger partial charge in [-0.1, -0.05) is 23.7 Å². The zero-order valence-corrected chi connectivity index (χ0v) is 12.0. The average molecular weight is 267 g/mol. The van der Waals surface area contributed by atoms with E-state index in [1.165, 1.54) is 18.4 Å². The summed E-state index contributed by atoms with van der Waals surface area (Å²) in [5.41, 5.74) is 7.24. The molecule has 100 valence electrons. The topological polar surface area (TPSA) is 29.3 Å². The Balaban J connectivity index is 1.93. The van der Waals surface area contributed by atoms with Crippen molar-refractivity contribution in [3.05, 3.63) is 34.9 Å². The number of halogens is 1. The Bertz CT molecular complexity index is 373. The molecule has 2 atom stereocenters. The van der Waals surface area contributed by atoms with Crippen molar-refractivity contribution in [2.75, 3.05) is 13.6 Å². The summed E-state index contributed by atoms with van der Waals surface area (Å²) in [5, 5.41) is 0.803. The maximum Gasteiger partial charge on any atom is 0.0406 e. The molecule has 0 aliphatic heterocycles.